The second kappa shape index (κ2) is 7.20. The van der Waals surface area contributed by atoms with E-state index in [1.54, 1.807) is 16.9 Å². The molecule has 1 aromatic heterocycles. The number of nitriles is 1. The van der Waals surface area contributed by atoms with Gasteiger partial charge in [0.2, 0.25) is 0 Å². The van der Waals surface area contributed by atoms with Crippen LogP contribution in [0.1, 0.15) is 55.5 Å². The van der Waals surface area contributed by atoms with Gasteiger partial charge >= 0.3 is 0 Å². The molecule has 0 amide bonds. The number of rotatable bonds is 4. The molecule has 1 aromatic rings. The fourth-order valence-electron chi connectivity index (χ4n) is 4.05. The summed E-state index contributed by atoms with van der Waals surface area (Å²) in [6.45, 7) is 3.96. The van der Waals surface area contributed by atoms with Crippen LogP contribution in [0.5, 0.6) is 0 Å². The number of aromatic nitrogens is 2. The highest BCUT2D eigenvalue weighted by atomic mass is 32.1. The summed E-state index contributed by atoms with van der Waals surface area (Å²) in [7, 11) is 0. The van der Waals surface area contributed by atoms with Crippen molar-refractivity contribution in [3.8, 4) is 6.07 Å². The van der Waals surface area contributed by atoms with Crippen LogP contribution in [0.25, 0.3) is 5.57 Å². The predicted octanol–water partition coefficient (Wildman–Crippen LogP) is 5.15. The molecule has 0 aliphatic heterocycles. The van der Waals surface area contributed by atoms with Gasteiger partial charge in [0.1, 0.15) is 21.7 Å². The number of nitrogens with zero attached hydrogens (tertiary/aromatic N) is 3. The number of ether oxygens (including phenoxy) is 1. The van der Waals surface area contributed by atoms with E-state index in [1.807, 2.05) is 26.0 Å². The van der Waals surface area contributed by atoms with E-state index >= 15 is 0 Å². The summed E-state index contributed by atoms with van der Waals surface area (Å²) >= 11 is 1.67. The molecule has 4 nitrogen and oxygen atoms in total. The van der Waals surface area contributed by atoms with Gasteiger partial charge in [0.25, 0.3) is 0 Å². The van der Waals surface area contributed by atoms with Gasteiger partial charge in [-0.3, -0.25) is 0 Å². The Balaban J connectivity index is 1.56. The lowest BCUT2D eigenvalue weighted by molar-refractivity contribution is 0.129. The summed E-state index contributed by atoms with van der Waals surface area (Å²) in [4.78, 5) is 0. The summed E-state index contributed by atoms with van der Waals surface area (Å²) in [5.74, 6) is 1.46. The molecule has 3 aliphatic rings. The van der Waals surface area contributed by atoms with Gasteiger partial charge in [-0.2, -0.15) is 5.26 Å². The summed E-state index contributed by atoms with van der Waals surface area (Å²) in [6, 6.07) is 2.36. The average Bonchev–Trinajstić information content (AvgIpc) is 3.30. The molecule has 3 atom stereocenters. The van der Waals surface area contributed by atoms with Gasteiger partial charge in [0, 0.05) is 5.92 Å². The van der Waals surface area contributed by atoms with Crippen molar-refractivity contribution in [3.63, 3.8) is 0 Å². The molecule has 0 spiro atoms. The highest BCUT2D eigenvalue weighted by Gasteiger charge is 2.33. The van der Waals surface area contributed by atoms with Crippen molar-refractivity contribution >= 4 is 16.9 Å². The molecule has 134 valence electrons. The van der Waals surface area contributed by atoms with E-state index in [0.717, 1.165) is 21.3 Å². The van der Waals surface area contributed by atoms with Gasteiger partial charge in [-0.25, -0.2) is 0 Å². The van der Waals surface area contributed by atoms with Crippen LogP contribution in [-0.2, 0) is 4.74 Å². The van der Waals surface area contributed by atoms with Crippen LogP contribution in [0.3, 0.4) is 0 Å². The van der Waals surface area contributed by atoms with Crippen LogP contribution in [0, 0.1) is 23.2 Å². The van der Waals surface area contributed by atoms with Gasteiger partial charge in [-0.15, -0.1) is 10.2 Å². The highest BCUT2D eigenvalue weighted by Crippen LogP contribution is 2.45. The lowest BCUT2D eigenvalue weighted by Crippen LogP contribution is -2.13. The Morgan fingerprint density at radius 1 is 1.27 bits per heavy atom. The van der Waals surface area contributed by atoms with Crippen molar-refractivity contribution in [2.24, 2.45) is 11.8 Å². The molecule has 0 saturated heterocycles. The molecule has 0 radical (unpaired) electrons. The molecule has 3 unspecified atom stereocenters. The molecule has 0 N–H and O–H groups in total. The van der Waals surface area contributed by atoms with Crippen LogP contribution in [0.15, 0.2) is 41.7 Å². The summed E-state index contributed by atoms with van der Waals surface area (Å²) in [5.41, 5.74) is 2.65. The van der Waals surface area contributed by atoms with Gasteiger partial charge in [-0.1, -0.05) is 41.2 Å². The zero-order valence-electron chi connectivity index (χ0n) is 15.2. The second-order valence-corrected chi connectivity index (χ2v) is 8.42. The third kappa shape index (κ3) is 3.26. The number of hydrogen-bond acceptors (Lipinski definition) is 5. The molecule has 4 rings (SSSR count). The number of allylic oxidation sites excluding steroid dienone is 8. The Kier molecular flexibility index (Phi) is 4.78. The molecule has 1 saturated carbocycles. The fourth-order valence-corrected chi connectivity index (χ4v) is 5.07. The predicted molar refractivity (Wildman–Crippen MR) is 103 cm³/mol. The summed E-state index contributed by atoms with van der Waals surface area (Å²) in [5, 5.41) is 20.5. The number of hydrogen-bond donors (Lipinski definition) is 0. The van der Waals surface area contributed by atoms with Crippen molar-refractivity contribution in [3.05, 3.63) is 51.7 Å². The van der Waals surface area contributed by atoms with E-state index < -0.39 is 0 Å². The minimum absolute atomic E-state index is 0.0759. The van der Waals surface area contributed by atoms with Crippen LogP contribution in [0.4, 0.5) is 0 Å². The van der Waals surface area contributed by atoms with E-state index in [-0.39, 0.29) is 12.0 Å². The Bertz CT molecular complexity index is 853. The Labute approximate surface area is 158 Å². The first-order valence-electron chi connectivity index (χ1n) is 9.33. The maximum atomic E-state index is 9.50. The standard InChI is InChI=1S/C21H23N3OS/c1-13(2)25-19-10-9-15(11-16(19)12-22)20-23-24-21(26-20)18-8-4-6-14-5-3-7-17(14)18/h4,6,8-10,13,16-18H,3,5,7,11H2,1-2H3. The lowest BCUT2D eigenvalue weighted by atomic mass is 9.84. The van der Waals surface area contributed by atoms with E-state index in [1.165, 1.54) is 19.3 Å². The zero-order chi connectivity index (χ0) is 18.1. The van der Waals surface area contributed by atoms with Crippen LogP contribution in [-0.4, -0.2) is 16.3 Å². The van der Waals surface area contributed by atoms with Crippen molar-refractivity contribution in [1.29, 1.82) is 5.26 Å². The molecule has 1 fully saturated rings. The van der Waals surface area contributed by atoms with Crippen molar-refractivity contribution in [2.75, 3.05) is 0 Å². The third-order valence-corrected chi connectivity index (χ3v) is 6.36. The number of fused-ring (bicyclic) bond motifs is 1. The Hall–Kier alpha value is -2.19. The molecule has 0 aromatic carbocycles. The quantitative estimate of drug-likeness (QED) is 0.740. The van der Waals surface area contributed by atoms with Crippen molar-refractivity contribution in [1.82, 2.24) is 10.2 Å². The van der Waals surface area contributed by atoms with Crippen molar-refractivity contribution < 1.29 is 4.74 Å². The largest absolute Gasteiger partial charge is 0.494 e. The minimum Gasteiger partial charge on any atom is -0.494 e. The van der Waals surface area contributed by atoms with Crippen LogP contribution >= 0.6 is 11.3 Å². The smallest absolute Gasteiger partial charge is 0.143 e. The van der Waals surface area contributed by atoms with Gasteiger partial charge in [0.15, 0.2) is 0 Å². The average molecular weight is 366 g/mol. The highest BCUT2D eigenvalue weighted by molar-refractivity contribution is 7.12. The van der Waals surface area contributed by atoms with Gasteiger partial charge in [0.05, 0.1) is 12.2 Å². The second-order valence-electron chi connectivity index (χ2n) is 7.41. The Morgan fingerprint density at radius 3 is 2.96 bits per heavy atom. The SMILES string of the molecule is CC(C)OC1=CC=C(c2nnc(C3C=CC=C4CCCC43)s2)CC1C#N. The summed E-state index contributed by atoms with van der Waals surface area (Å²) < 4.78 is 5.77. The topological polar surface area (TPSA) is 58.8 Å². The van der Waals surface area contributed by atoms with E-state index in [2.05, 4.69) is 34.5 Å². The first-order valence-corrected chi connectivity index (χ1v) is 10.2. The monoisotopic (exact) mass is 365 g/mol. The third-order valence-electron chi connectivity index (χ3n) is 5.26. The van der Waals surface area contributed by atoms with E-state index in [9.17, 15) is 5.26 Å². The Morgan fingerprint density at radius 2 is 2.15 bits per heavy atom. The maximum absolute atomic E-state index is 9.50. The zero-order valence-corrected chi connectivity index (χ0v) is 16.0. The first-order chi connectivity index (χ1) is 12.7. The first kappa shape index (κ1) is 17.2. The summed E-state index contributed by atoms with van der Waals surface area (Å²) in [6.07, 6.45) is 15.1. The molecular formula is C21H23N3OS. The molecule has 26 heavy (non-hydrogen) atoms. The van der Waals surface area contributed by atoms with E-state index in [4.69, 9.17) is 4.74 Å². The normalized spacial score (nSPS) is 27.5. The fraction of sp³-hybridized carbons (Fsp3) is 0.476. The van der Waals surface area contributed by atoms with Gasteiger partial charge in [-0.05, 0) is 57.1 Å². The minimum atomic E-state index is -0.247. The molecular weight excluding hydrogens is 342 g/mol. The van der Waals surface area contributed by atoms with Gasteiger partial charge < -0.3 is 4.74 Å². The van der Waals surface area contributed by atoms with E-state index in [0.29, 0.717) is 18.3 Å². The van der Waals surface area contributed by atoms with Crippen LogP contribution < -0.4 is 0 Å². The molecule has 3 aliphatic carbocycles. The van der Waals surface area contributed by atoms with Crippen LogP contribution in [0.2, 0.25) is 0 Å². The maximum Gasteiger partial charge on any atom is 0.143 e. The molecule has 5 heteroatoms. The molecule has 1 heterocycles. The van der Waals surface area contributed by atoms with Crippen molar-refractivity contribution in [2.45, 2.75) is 51.6 Å². The molecule has 0 bridgehead atoms. The lowest BCUT2D eigenvalue weighted by Gasteiger charge is -2.22.